The lowest BCUT2D eigenvalue weighted by Crippen LogP contribution is -2.09. The monoisotopic (exact) mass is 270 g/mol. The van der Waals surface area contributed by atoms with Gasteiger partial charge in [-0.15, -0.1) is 0 Å². The molecule has 0 unspecified atom stereocenters. The minimum Gasteiger partial charge on any atom is -0.423 e. The lowest BCUT2D eigenvalue weighted by molar-refractivity contribution is -0.128. The largest absolute Gasteiger partial charge is 0.423 e. The van der Waals surface area contributed by atoms with Crippen molar-refractivity contribution in [3.8, 4) is 5.75 Å². The summed E-state index contributed by atoms with van der Waals surface area (Å²) in [6, 6.07) is 7.55. The molecule has 0 radical (unpaired) electrons. The molecule has 1 saturated carbocycles. The van der Waals surface area contributed by atoms with Crippen LogP contribution in [0.15, 0.2) is 43.0 Å². The van der Waals surface area contributed by atoms with Crippen LogP contribution in [0.5, 0.6) is 5.75 Å². The molecule has 0 amide bonds. The third-order valence-corrected chi connectivity index (χ3v) is 3.89. The summed E-state index contributed by atoms with van der Waals surface area (Å²) in [5.74, 6) is 1.73. The van der Waals surface area contributed by atoms with E-state index < -0.39 is 5.97 Å². The van der Waals surface area contributed by atoms with Gasteiger partial charge >= 0.3 is 5.97 Å². The van der Waals surface area contributed by atoms with Crippen molar-refractivity contribution in [2.75, 3.05) is 0 Å². The summed E-state index contributed by atoms with van der Waals surface area (Å²) in [5, 5.41) is 0. The van der Waals surface area contributed by atoms with Gasteiger partial charge in [-0.2, -0.15) is 0 Å². The fraction of sp³-hybridized carbons (Fsp3) is 0.389. The van der Waals surface area contributed by atoms with Crippen LogP contribution in [0.1, 0.15) is 38.2 Å². The van der Waals surface area contributed by atoms with E-state index in [1.54, 1.807) is 0 Å². The highest BCUT2D eigenvalue weighted by molar-refractivity contribution is 5.83. The molecule has 2 nitrogen and oxygen atoms in total. The Morgan fingerprint density at radius 3 is 2.45 bits per heavy atom. The third-order valence-electron chi connectivity index (χ3n) is 3.89. The zero-order valence-electron chi connectivity index (χ0n) is 12.0. The Morgan fingerprint density at radius 1 is 1.20 bits per heavy atom. The normalized spacial score (nSPS) is 22.6. The van der Waals surface area contributed by atoms with E-state index >= 15 is 0 Å². The molecule has 0 heterocycles. The van der Waals surface area contributed by atoms with Crippen molar-refractivity contribution >= 4 is 12.0 Å². The van der Waals surface area contributed by atoms with Crippen LogP contribution < -0.4 is 4.74 Å². The average molecular weight is 270 g/mol. The summed E-state index contributed by atoms with van der Waals surface area (Å²) in [6.45, 7) is 5.71. The maximum atomic E-state index is 11.1. The number of ether oxygens (including phenoxy) is 1. The number of rotatable bonds is 4. The minimum atomic E-state index is -0.426. The number of benzene rings is 1. The minimum absolute atomic E-state index is 0.426. The van der Waals surface area contributed by atoms with Crippen molar-refractivity contribution < 1.29 is 9.53 Å². The first kappa shape index (κ1) is 14.6. The van der Waals surface area contributed by atoms with Crippen molar-refractivity contribution in [1.29, 1.82) is 0 Å². The van der Waals surface area contributed by atoms with Gasteiger partial charge in [0.25, 0.3) is 0 Å². The molecule has 0 saturated heterocycles. The second-order valence-electron chi connectivity index (χ2n) is 5.57. The third kappa shape index (κ3) is 4.37. The summed E-state index contributed by atoms with van der Waals surface area (Å²) in [7, 11) is 0. The topological polar surface area (TPSA) is 26.3 Å². The van der Waals surface area contributed by atoms with E-state index in [-0.39, 0.29) is 0 Å². The van der Waals surface area contributed by atoms with E-state index in [0.29, 0.717) is 11.7 Å². The molecule has 1 aromatic carbocycles. The van der Waals surface area contributed by atoms with Crippen molar-refractivity contribution in [2.24, 2.45) is 11.8 Å². The molecule has 0 aliphatic heterocycles. The summed E-state index contributed by atoms with van der Waals surface area (Å²) < 4.78 is 5.04. The number of esters is 1. The molecule has 2 rings (SSSR count). The average Bonchev–Trinajstić information content (AvgIpc) is 2.48. The second-order valence-corrected chi connectivity index (χ2v) is 5.57. The first-order valence-electron chi connectivity index (χ1n) is 7.30. The lowest BCUT2D eigenvalue weighted by atomic mass is 9.83. The van der Waals surface area contributed by atoms with Crippen LogP contribution in [0.4, 0.5) is 0 Å². The molecule has 106 valence electrons. The number of hydrogen-bond acceptors (Lipinski definition) is 2. The van der Waals surface area contributed by atoms with Gasteiger partial charge in [0.2, 0.25) is 0 Å². The van der Waals surface area contributed by atoms with Gasteiger partial charge in [0, 0.05) is 6.08 Å². The number of carbonyl (C=O) groups is 1. The quantitative estimate of drug-likeness (QED) is 0.453. The fourth-order valence-corrected chi connectivity index (χ4v) is 2.53. The summed E-state index contributed by atoms with van der Waals surface area (Å²) in [6.07, 6.45) is 10.9. The molecule has 0 atom stereocenters. The molecule has 1 aliphatic rings. The zero-order valence-corrected chi connectivity index (χ0v) is 12.0. The van der Waals surface area contributed by atoms with Crippen molar-refractivity contribution in [1.82, 2.24) is 0 Å². The molecule has 0 bridgehead atoms. The molecular weight excluding hydrogens is 248 g/mol. The predicted molar refractivity (Wildman–Crippen MR) is 82.4 cm³/mol. The highest BCUT2D eigenvalue weighted by Crippen LogP contribution is 2.29. The Morgan fingerprint density at radius 2 is 1.85 bits per heavy atom. The van der Waals surface area contributed by atoms with E-state index in [0.717, 1.165) is 17.6 Å². The molecule has 2 heteroatoms. The number of hydrogen-bond donors (Lipinski definition) is 0. The first-order valence-corrected chi connectivity index (χ1v) is 7.30. The Bertz CT molecular complexity index is 477. The lowest BCUT2D eigenvalue weighted by Gasteiger charge is -2.23. The molecule has 1 aromatic rings. The molecular formula is C18H22O2. The molecule has 1 fully saturated rings. The van der Waals surface area contributed by atoms with Crippen LogP contribution in [0.2, 0.25) is 0 Å². The van der Waals surface area contributed by atoms with Crippen LogP contribution in [-0.2, 0) is 4.79 Å². The van der Waals surface area contributed by atoms with E-state index in [4.69, 9.17) is 4.74 Å². The molecule has 0 N–H and O–H groups in total. The summed E-state index contributed by atoms with van der Waals surface area (Å²) in [5.41, 5.74) is 1.14. The molecule has 0 spiro atoms. The highest BCUT2D eigenvalue weighted by atomic mass is 16.5. The SMILES string of the molecule is C=CC(=O)Oc1ccc(C=CC2CCC(C)CC2)cc1. The molecule has 0 aromatic heterocycles. The van der Waals surface area contributed by atoms with E-state index in [2.05, 4.69) is 25.7 Å². The predicted octanol–water partition coefficient (Wildman–Crippen LogP) is 4.62. The van der Waals surface area contributed by atoms with Gasteiger partial charge in [-0.1, -0.05) is 50.6 Å². The maximum absolute atomic E-state index is 11.1. The number of carbonyl (C=O) groups excluding carboxylic acids is 1. The van der Waals surface area contributed by atoms with Gasteiger partial charge in [0.05, 0.1) is 0 Å². The molecule has 1 aliphatic carbocycles. The van der Waals surface area contributed by atoms with Gasteiger partial charge < -0.3 is 4.74 Å². The van der Waals surface area contributed by atoms with Gasteiger partial charge in [0.1, 0.15) is 5.75 Å². The summed E-state index contributed by atoms with van der Waals surface area (Å²) in [4.78, 5) is 11.1. The second kappa shape index (κ2) is 7.09. The smallest absolute Gasteiger partial charge is 0.335 e. The van der Waals surface area contributed by atoms with Crippen LogP contribution in [0, 0.1) is 11.8 Å². The van der Waals surface area contributed by atoms with Crippen LogP contribution >= 0.6 is 0 Å². The number of allylic oxidation sites excluding steroid dienone is 1. The standard InChI is InChI=1S/C18H22O2/c1-3-18(19)20-17-12-10-16(11-13-17)9-8-15-6-4-14(2)5-7-15/h3,8-15H,1,4-7H2,2H3. The van der Waals surface area contributed by atoms with Gasteiger partial charge in [0.15, 0.2) is 0 Å². The zero-order chi connectivity index (χ0) is 14.4. The van der Waals surface area contributed by atoms with E-state index in [1.165, 1.54) is 25.7 Å². The van der Waals surface area contributed by atoms with Crippen LogP contribution in [0.3, 0.4) is 0 Å². The van der Waals surface area contributed by atoms with Crippen LogP contribution in [-0.4, -0.2) is 5.97 Å². The Balaban J connectivity index is 1.90. The highest BCUT2D eigenvalue weighted by Gasteiger charge is 2.15. The maximum Gasteiger partial charge on any atom is 0.335 e. The Kier molecular flexibility index (Phi) is 5.16. The fourth-order valence-electron chi connectivity index (χ4n) is 2.53. The van der Waals surface area contributed by atoms with Gasteiger partial charge in [-0.3, -0.25) is 0 Å². The van der Waals surface area contributed by atoms with E-state index in [1.807, 2.05) is 24.3 Å². The Labute approximate surface area is 121 Å². The first-order chi connectivity index (χ1) is 9.67. The van der Waals surface area contributed by atoms with E-state index in [9.17, 15) is 4.79 Å². The van der Waals surface area contributed by atoms with Gasteiger partial charge in [-0.25, -0.2) is 4.79 Å². The van der Waals surface area contributed by atoms with Gasteiger partial charge in [-0.05, 0) is 42.4 Å². The van der Waals surface area contributed by atoms with Crippen LogP contribution in [0.25, 0.3) is 6.08 Å². The van der Waals surface area contributed by atoms with Crippen molar-refractivity contribution in [2.45, 2.75) is 32.6 Å². The Hall–Kier alpha value is -1.83. The van der Waals surface area contributed by atoms with Crippen molar-refractivity contribution in [3.63, 3.8) is 0 Å². The van der Waals surface area contributed by atoms with Crippen molar-refractivity contribution in [3.05, 3.63) is 48.6 Å². The summed E-state index contributed by atoms with van der Waals surface area (Å²) >= 11 is 0. The molecule has 20 heavy (non-hydrogen) atoms.